The third kappa shape index (κ3) is 5.67. The molecule has 23 heavy (non-hydrogen) atoms. The van der Waals surface area contributed by atoms with Gasteiger partial charge in [-0.1, -0.05) is 13.8 Å². The lowest BCUT2D eigenvalue weighted by atomic mass is 10.2. The van der Waals surface area contributed by atoms with Crippen molar-refractivity contribution in [1.82, 2.24) is 25.3 Å². The summed E-state index contributed by atoms with van der Waals surface area (Å²) in [5, 5.41) is 10.8. The molecule has 2 rings (SSSR count). The van der Waals surface area contributed by atoms with Crippen LogP contribution in [0.2, 0.25) is 0 Å². The minimum atomic E-state index is 0. The minimum absolute atomic E-state index is 0. The third-order valence-electron chi connectivity index (χ3n) is 3.78. The summed E-state index contributed by atoms with van der Waals surface area (Å²) in [6.45, 7) is 6.11. The summed E-state index contributed by atoms with van der Waals surface area (Å²) in [5.74, 6) is 1.04. The van der Waals surface area contributed by atoms with Gasteiger partial charge >= 0.3 is 0 Å². The van der Waals surface area contributed by atoms with Crippen LogP contribution in [0.3, 0.4) is 0 Å². The summed E-state index contributed by atoms with van der Waals surface area (Å²) >= 11 is 0. The molecule has 1 fully saturated rings. The number of nitrogens with one attached hydrogen (secondary N) is 2. The number of aryl methyl sites for hydroxylation is 1. The standard InChI is InChI=1S/C15H26N6O.HI/c1-11(2)14(22)21-6-5-13(10-21)19-15(16-3)17-7-12-8-18-20(4)9-12;/h8-9,11,13H,5-7,10H2,1-4H3,(H2,16,17,19);1H. The van der Waals surface area contributed by atoms with Gasteiger partial charge in [0.1, 0.15) is 0 Å². The number of aromatic nitrogens is 2. The Hall–Kier alpha value is -1.32. The molecule has 7 nitrogen and oxygen atoms in total. The molecule has 1 aliphatic rings. The SMILES string of the molecule is CN=C(NCc1cnn(C)c1)NC1CCN(C(=O)C(C)C)C1.I. The topological polar surface area (TPSA) is 74.6 Å². The number of likely N-dealkylation sites (tertiary alicyclic amines) is 1. The first-order chi connectivity index (χ1) is 10.5. The van der Waals surface area contributed by atoms with E-state index in [1.807, 2.05) is 38.2 Å². The van der Waals surface area contributed by atoms with Gasteiger partial charge in [0, 0.05) is 57.4 Å². The fourth-order valence-electron chi connectivity index (χ4n) is 2.58. The van der Waals surface area contributed by atoms with E-state index < -0.39 is 0 Å². The molecule has 0 aromatic carbocycles. The Balaban J connectivity index is 0.00000264. The molecule has 8 heteroatoms. The van der Waals surface area contributed by atoms with Gasteiger partial charge in [-0.3, -0.25) is 14.5 Å². The van der Waals surface area contributed by atoms with Gasteiger partial charge in [0.05, 0.1) is 6.20 Å². The number of hydrogen-bond acceptors (Lipinski definition) is 3. The second-order valence-electron chi connectivity index (χ2n) is 6.02. The van der Waals surface area contributed by atoms with Gasteiger partial charge in [0.2, 0.25) is 5.91 Å². The maximum absolute atomic E-state index is 12.0. The van der Waals surface area contributed by atoms with Gasteiger partial charge in [0.15, 0.2) is 5.96 Å². The van der Waals surface area contributed by atoms with Crippen LogP contribution >= 0.6 is 24.0 Å². The van der Waals surface area contributed by atoms with Crippen LogP contribution in [-0.4, -0.2) is 52.7 Å². The highest BCUT2D eigenvalue weighted by molar-refractivity contribution is 14.0. The van der Waals surface area contributed by atoms with E-state index in [-0.39, 0.29) is 41.8 Å². The number of hydrogen-bond donors (Lipinski definition) is 2. The molecule has 1 amide bonds. The molecule has 1 aliphatic heterocycles. The van der Waals surface area contributed by atoms with Crippen LogP contribution in [0.4, 0.5) is 0 Å². The molecule has 1 aromatic rings. The Kier molecular flexibility index (Phi) is 7.80. The Labute approximate surface area is 154 Å². The van der Waals surface area contributed by atoms with E-state index in [4.69, 9.17) is 0 Å². The molecule has 0 radical (unpaired) electrons. The number of nitrogens with zero attached hydrogens (tertiary/aromatic N) is 4. The number of amides is 1. The maximum atomic E-state index is 12.0. The summed E-state index contributed by atoms with van der Waals surface area (Å²) in [4.78, 5) is 18.2. The van der Waals surface area contributed by atoms with Crippen LogP contribution < -0.4 is 10.6 Å². The Morgan fingerprint density at radius 3 is 2.83 bits per heavy atom. The van der Waals surface area contributed by atoms with Crippen molar-refractivity contribution in [2.24, 2.45) is 18.0 Å². The quantitative estimate of drug-likeness (QED) is 0.421. The van der Waals surface area contributed by atoms with Crippen LogP contribution in [0, 0.1) is 5.92 Å². The predicted molar refractivity (Wildman–Crippen MR) is 102 cm³/mol. The predicted octanol–water partition coefficient (Wildman–Crippen LogP) is 0.960. The molecule has 1 saturated heterocycles. The van der Waals surface area contributed by atoms with Crippen molar-refractivity contribution in [3.8, 4) is 0 Å². The van der Waals surface area contributed by atoms with Gasteiger partial charge in [-0.2, -0.15) is 5.10 Å². The van der Waals surface area contributed by atoms with Crippen LogP contribution in [0.5, 0.6) is 0 Å². The lowest BCUT2D eigenvalue weighted by Gasteiger charge is -2.20. The van der Waals surface area contributed by atoms with Crippen molar-refractivity contribution in [1.29, 1.82) is 0 Å². The highest BCUT2D eigenvalue weighted by Crippen LogP contribution is 2.12. The van der Waals surface area contributed by atoms with Crippen LogP contribution in [0.1, 0.15) is 25.8 Å². The monoisotopic (exact) mass is 434 g/mol. The van der Waals surface area contributed by atoms with Crippen molar-refractivity contribution < 1.29 is 4.79 Å². The van der Waals surface area contributed by atoms with E-state index in [0.717, 1.165) is 31.0 Å². The lowest BCUT2D eigenvalue weighted by Crippen LogP contribution is -2.45. The van der Waals surface area contributed by atoms with Gasteiger partial charge in [-0.15, -0.1) is 24.0 Å². The minimum Gasteiger partial charge on any atom is -0.352 e. The fourth-order valence-corrected chi connectivity index (χ4v) is 2.58. The van der Waals surface area contributed by atoms with E-state index in [1.165, 1.54) is 0 Å². The number of guanidine groups is 1. The number of rotatable bonds is 4. The van der Waals surface area contributed by atoms with E-state index >= 15 is 0 Å². The van der Waals surface area contributed by atoms with E-state index in [9.17, 15) is 4.79 Å². The van der Waals surface area contributed by atoms with Gasteiger partial charge < -0.3 is 15.5 Å². The number of carbonyl (C=O) groups excluding carboxylic acids is 1. The number of carbonyl (C=O) groups is 1. The van der Waals surface area contributed by atoms with E-state index in [2.05, 4.69) is 20.7 Å². The Morgan fingerprint density at radius 2 is 2.26 bits per heavy atom. The molecule has 1 atom stereocenters. The van der Waals surface area contributed by atoms with Crippen molar-refractivity contribution in [3.63, 3.8) is 0 Å². The first-order valence-corrected chi connectivity index (χ1v) is 7.73. The smallest absolute Gasteiger partial charge is 0.225 e. The third-order valence-corrected chi connectivity index (χ3v) is 3.78. The van der Waals surface area contributed by atoms with E-state index in [1.54, 1.807) is 11.7 Å². The first kappa shape index (κ1) is 19.7. The molecule has 0 aliphatic carbocycles. The molecule has 2 heterocycles. The van der Waals surface area contributed by atoms with Crippen LogP contribution in [0.15, 0.2) is 17.4 Å². The fraction of sp³-hybridized carbons (Fsp3) is 0.667. The molecular formula is C15H27IN6O. The van der Waals surface area contributed by atoms with Gasteiger partial charge in [-0.25, -0.2) is 0 Å². The van der Waals surface area contributed by atoms with Gasteiger partial charge in [0.25, 0.3) is 0 Å². The molecule has 2 N–H and O–H groups in total. The first-order valence-electron chi connectivity index (χ1n) is 7.73. The largest absolute Gasteiger partial charge is 0.352 e. The lowest BCUT2D eigenvalue weighted by molar-refractivity contribution is -0.133. The molecule has 1 unspecified atom stereocenters. The normalized spacial score (nSPS) is 18.0. The Morgan fingerprint density at radius 1 is 1.52 bits per heavy atom. The zero-order valence-corrected chi connectivity index (χ0v) is 16.6. The zero-order chi connectivity index (χ0) is 16.1. The van der Waals surface area contributed by atoms with Crippen molar-refractivity contribution in [2.45, 2.75) is 32.9 Å². The molecule has 0 saturated carbocycles. The average Bonchev–Trinajstić information content (AvgIpc) is 3.11. The molecule has 130 valence electrons. The second-order valence-corrected chi connectivity index (χ2v) is 6.02. The highest BCUT2D eigenvalue weighted by atomic mass is 127. The molecular weight excluding hydrogens is 407 g/mol. The zero-order valence-electron chi connectivity index (χ0n) is 14.2. The summed E-state index contributed by atoms with van der Waals surface area (Å²) in [7, 11) is 3.65. The second kappa shape index (κ2) is 9.09. The summed E-state index contributed by atoms with van der Waals surface area (Å²) in [6.07, 6.45) is 4.75. The number of halogens is 1. The maximum Gasteiger partial charge on any atom is 0.225 e. The Bertz CT molecular complexity index is 542. The van der Waals surface area contributed by atoms with Crippen LogP contribution in [0.25, 0.3) is 0 Å². The van der Waals surface area contributed by atoms with Crippen LogP contribution in [-0.2, 0) is 18.4 Å². The van der Waals surface area contributed by atoms with Gasteiger partial charge in [-0.05, 0) is 6.42 Å². The van der Waals surface area contributed by atoms with Crippen molar-refractivity contribution in [3.05, 3.63) is 18.0 Å². The summed E-state index contributed by atoms with van der Waals surface area (Å²) < 4.78 is 1.78. The summed E-state index contributed by atoms with van der Waals surface area (Å²) in [6, 6.07) is 0.253. The van der Waals surface area contributed by atoms with Crippen molar-refractivity contribution >= 4 is 35.8 Å². The molecule has 0 spiro atoms. The van der Waals surface area contributed by atoms with E-state index in [0.29, 0.717) is 6.54 Å². The van der Waals surface area contributed by atoms with Crippen molar-refractivity contribution in [2.75, 3.05) is 20.1 Å². The average molecular weight is 434 g/mol. The number of aliphatic imine (C=N–C) groups is 1. The highest BCUT2D eigenvalue weighted by Gasteiger charge is 2.27. The molecule has 1 aromatic heterocycles. The molecule has 0 bridgehead atoms. The summed E-state index contributed by atoms with van der Waals surface area (Å²) in [5.41, 5.74) is 1.11.